The Morgan fingerprint density at radius 1 is 1.44 bits per heavy atom. The van der Waals surface area contributed by atoms with Gasteiger partial charge in [-0.3, -0.25) is 4.79 Å². The Balaban J connectivity index is 2.51. The number of H-pyrrole nitrogens is 1. The van der Waals surface area contributed by atoms with Crippen molar-refractivity contribution in [1.82, 2.24) is 15.0 Å². The van der Waals surface area contributed by atoms with Crippen LogP contribution in [0.3, 0.4) is 0 Å². The number of carbonyl (C=O) groups excluding carboxylic acids is 1. The lowest BCUT2D eigenvalue weighted by Crippen LogP contribution is -2.07. The van der Waals surface area contributed by atoms with Crippen LogP contribution < -0.4 is 4.74 Å². The Kier molecular flexibility index (Phi) is 3.41. The Morgan fingerprint density at radius 2 is 2.22 bits per heavy atom. The van der Waals surface area contributed by atoms with Crippen molar-refractivity contribution in [3.05, 3.63) is 24.2 Å². The van der Waals surface area contributed by atoms with Gasteiger partial charge in [0.25, 0.3) is 0 Å². The van der Waals surface area contributed by atoms with Gasteiger partial charge in [-0.1, -0.05) is 0 Å². The van der Waals surface area contributed by atoms with Crippen molar-refractivity contribution in [3.8, 4) is 5.88 Å². The molecule has 0 fully saturated rings. The number of fused-ring (bicyclic) bond motifs is 1. The van der Waals surface area contributed by atoms with Crippen LogP contribution >= 0.6 is 0 Å². The molecule has 0 unspecified atom stereocenters. The van der Waals surface area contributed by atoms with Crippen molar-refractivity contribution in [3.63, 3.8) is 0 Å². The van der Waals surface area contributed by atoms with E-state index in [1.54, 1.807) is 12.3 Å². The van der Waals surface area contributed by atoms with Gasteiger partial charge < -0.3 is 9.72 Å². The summed E-state index contributed by atoms with van der Waals surface area (Å²) >= 11 is 0. The van der Waals surface area contributed by atoms with Crippen molar-refractivity contribution < 1.29 is 9.53 Å². The van der Waals surface area contributed by atoms with E-state index in [-0.39, 0.29) is 11.9 Å². The molecule has 2 rings (SSSR count). The molecule has 0 aliphatic rings. The molecule has 94 valence electrons. The van der Waals surface area contributed by atoms with E-state index in [0.717, 1.165) is 10.9 Å². The number of aromatic nitrogens is 3. The van der Waals surface area contributed by atoms with Crippen LogP contribution in [0.2, 0.25) is 0 Å². The second kappa shape index (κ2) is 5.00. The zero-order valence-electron chi connectivity index (χ0n) is 10.6. The maximum absolute atomic E-state index is 11.0. The molecule has 2 heterocycles. The van der Waals surface area contributed by atoms with Crippen molar-refractivity contribution in [1.29, 1.82) is 0 Å². The summed E-state index contributed by atoms with van der Waals surface area (Å²) in [6.07, 6.45) is 6.51. The molecule has 0 bridgehead atoms. The fourth-order valence-corrected chi connectivity index (χ4v) is 1.61. The Hall–Kier alpha value is -2.17. The molecule has 5 heteroatoms. The lowest BCUT2D eigenvalue weighted by molar-refractivity contribution is -0.112. The van der Waals surface area contributed by atoms with Gasteiger partial charge in [-0.15, -0.1) is 0 Å². The molecule has 0 atom stereocenters. The average Bonchev–Trinajstić information content (AvgIpc) is 2.70. The van der Waals surface area contributed by atoms with Crippen LogP contribution in [0.1, 0.15) is 26.3 Å². The molecule has 0 aliphatic carbocycles. The minimum atomic E-state index is -0.00692. The Morgan fingerprint density at radius 3 is 2.89 bits per heavy atom. The Labute approximate surface area is 105 Å². The number of allylic oxidation sites excluding steroid dienone is 1. The van der Waals surface area contributed by atoms with E-state index in [2.05, 4.69) is 15.0 Å². The Bertz CT molecular complexity index is 599. The number of hydrogen-bond acceptors (Lipinski definition) is 4. The monoisotopic (exact) mass is 245 g/mol. The van der Waals surface area contributed by atoms with E-state index < -0.39 is 0 Å². The van der Waals surface area contributed by atoms with Crippen LogP contribution in [0.5, 0.6) is 5.88 Å². The minimum absolute atomic E-state index is 0.00692. The molecular weight excluding hydrogens is 230 g/mol. The third kappa shape index (κ3) is 2.56. The fourth-order valence-electron chi connectivity index (χ4n) is 1.61. The van der Waals surface area contributed by atoms with Crippen molar-refractivity contribution >= 4 is 22.9 Å². The first-order chi connectivity index (χ1) is 8.58. The minimum Gasteiger partial charge on any atom is -0.474 e. The average molecular weight is 245 g/mol. The van der Waals surface area contributed by atoms with E-state index in [4.69, 9.17) is 4.74 Å². The zero-order valence-corrected chi connectivity index (χ0v) is 10.6. The molecule has 5 nitrogen and oxygen atoms in total. The second-order valence-corrected chi connectivity index (χ2v) is 4.26. The van der Waals surface area contributed by atoms with Crippen LogP contribution in [0.25, 0.3) is 17.1 Å². The molecule has 2 aromatic heterocycles. The van der Waals surface area contributed by atoms with Crippen LogP contribution in [-0.4, -0.2) is 26.8 Å². The first-order valence-corrected chi connectivity index (χ1v) is 5.75. The number of nitrogens with zero attached hydrogens (tertiary/aromatic N) is 2. The molecule has 0 saturated carbocycles. The number of hydrogen-bond donors (Lipinski definition) is 1. The number of carbonyl (C=O) groups is 1. The summed E-state index contributed by atoms with van der Waals surface area (Å²) in [5.41, 5.74) is 1.54. The van der Waals surface area contributed by atoms with Gasteiger partial charge in [-0.2, -0.15) is 0 Å². The highest BCUT2D eigenvalue weighted by Crippen LogP contribution is 2.26. The molecular formula is C13H15N3O2. The topological polar surface area (TPSA) is 67.9 Å². The summed E-state index contributed by atoms with van der Waals surface area (Å²) < 4.78 is 5.64. The summed E-state index contributed by atoms with van der Waals surface area (Å²) in [4.78, 5) is 22.3. The van der Waals surface area contributed by atoms with Crippen molar-refractivity contribution in [2.24, 2.45) is 0 Å². The smallest absolute Gasteiger partial charge is 0.226 e. The SMILES string of the molecule is CC(=O)C=Cc1c[nH]c2ncnc(OC(C)C)c12. The van der Waals surface area contributed by atoms with E-state index in [1.165, 1.54) is 19.3 Å². The predicted molar refractivity (Wildman–Crippen MR) is 69.4 cm³/mol. The quantitative estimate of drug-likeness (QED) is 0.839. The van der Waals surface area contributed by atoms with Gasteiger partial charge in [0.1, 0.15) is 12.0 Å². The van der Waals surface area contributed by atoms with E-state index >= 15 is 0 Å². The van der Waals surface area contributed by atoms with Crippen molar-refractivity contribution in [2.45, 2.75) is 26.9 Å². The molecule has 18 heavy (non-hydrogen) atoms. The molecule has 0 aliphatic heterocycles. The molecule has 0 amide bonds. The first-order valence-electron chi connectivity index (χ1n) is 5.75. The third-order valence-electron chi connectivity index (χ3n) is 2.31. The number of nitrogens with one attached hydrogen (secondary N) is 1. The zero-order chi connectivity index (χ0) is 13.1. The summed E-state index contributed by atoms with van der Waals surface area (Å²) in [5.74, 6) is 0.520. The maximum atomic E-state index is 11.0. The highest BCUT2D eigenvalue weighted by molar-refractivity contribution is 5.96. The van der Waals surface area contributed by atoms with Gasteiger partial charge in [-0.25, -0.2) is 9.97 Å². The normalized spacial score (nSPS) is 11.6. The summed E-state index contributed by atoms with van der Waals surface area (Å²) in [5, 5.41) is 0.795. The van der Waals surface area contributed by atoms with Crippen LogP contribution in [0.15, 0.2) is 18.6 Å². The van der Waals surface area contributed by atoms with Crippen LogP contribution in [-0.2, 0) is 4.79 Å². The summed E-state index contributed by atoms with van der Waals surface area (Å²) in [6, 6.07) is 0. The molecule has 2 aromatic rings. The summed E-state index contributed by atoms with van der Waals surface area (Å²) in [6.45, 7) is 5.38. The van der Waals surface area contributed by atoms with Gasteiger partial charge in [0.2, 0.25) is 5.88 Å². The fraction of sp³-hybridized carbons (Fsp3) is 0.308. The summed E-state index contributed by atoms with van der Waals surface area (Å²) in [7, 11) is 0. The largest absolute Gasteiger partial charge is 0.474 e. The first kappa shape index (κ1) is 12.3. The van der Waals surface area contributed by atoms with Gasteiger partial charge in [-0.05, 0) is 32.9 Å². The number of rotatable bonds is 4. The number of ketones is 1. The highest BCUT2D eigenvalue weighted by Gasteiger charge is 2.11. The van der Waals surface area contributed by atoms with E-state index in [0.29, 0.717) is 11.5 Å². The number of ether oxygens (including phenoxy) is 1. The van der Waals surface area contributed by atoms with Gasteiger partial charge in [0, 0.05) is 11.8 Å². The van der Waals surface area contributed by atoms with Crippen LogP contribution in [0.4, 0.5) is 0 Å². The number of aromatic amines is 1. The molecule has 1 N–H and O–H groups in total. The van der Waals surface area contributed by atoms with Gasteiger partial charge in [0.15, 0.2) is 5.78 Å². The lowest BCUT2D eigenvalue weighted by atomic mass is 10.2. The van der Waals surface area contributed by atoms with Gasteiger partial charge in [0.05, 0.1) is 11.5 Å². The highest BCUT2D eigenvalue weighted by atomic mass is 16.5. The van der Waals surface area contributed by atoms with Crippen LogP contribution in [0, 0.1) is 0 Å². The predicted octanol–water partition coefficient (Wildman–Crippen LogP) is 2.35. The maximum Gasteiger partial charge on any atom is 0.226 e. The molecule has 0 aromatic carbocycles. The lowest BCUT2D eigenvalue weighted by Gasteiger charge is -2.09. The molecule has 0 spiro atoms. The third-order valence-corrected chi connectivity index (χ3v) is 2.31. The van der Waals surface area contributed by atoms with Gasteiger partial charge >= 0.3 is 0 Å². The van der Waals surface area contributed by atoms with E-state index in [1.807, 2.05) is 13.8 Å². The second-order valence-electron chi connectivity index (χ2n) is 4.26. The standard InChI is InChI=1S/C13H15N3O2/c1-8(2)18-13-11-10(5-4-9(3)17)6-14-12(11)15-7-16-13/h4-8H,1-3H3,(H,14,15,16). The molecule has 0 radical (unpaired) electrons. The van der Waals surface area contributed by atoms with E-state index in [9.17, 15) is 4.79 Å². The molecule has 0 saturated heterocycles. The van der Waals surface area contributed by atoms with Crippen molar-refractivity contribution in [2.75, 3.05) is 0 Å².